The number of carbonyl (C=O) groups excluding carboxylic acids is 1. The lowest BCUT2D eigenvalue weighted by atomic mass is 10.2. The average Bonchev–Trinajstić information content (AvgIpc) is 2.58. The number of aromatic nitrogens is 2. The smallest absolute Gasteiger partial charge is 0.280 e. The molecular formula is C19H15ClFN3O2. The Morgan fingerprint density at radius 1 is 1.12 bits per heavy atom. The molecule has 1 aromatic heterocycles. The van der Waals surface area contributed by atoms with Crippen LogP contribution in [0.2, 0.25) is 5.02 Å². The summed E-state index contributed by atoms with van der Waals surface area (Å²) in [6.45, 7) is 3.38. The Kier molecular flexibility index (Phi) is 4.86. The predicted molar refractivity (Wildman–Crippen MR) is 98.7 cm³/mol. The molecule has 0 radical (unpaired) electrons. The summed E-state index contributed by atoms with van der Waals surface area (Å²) in [7, 11) is 0. The molecule has 26 heavy (non-hydrogen) atoms. The van der Waals surface area contributed by atoms with Gasteiger partial charge in [-0.2, -0.15) is 5.10 Å². The first-order valence-electron chi connectivity index (χ1n) is 7.79. The SMILES string of the molecule is Cc1cc(F)ccc1NC(=O)c1nn(-c2ccc(Cl)cc2)c(C)cc1=O. The zero-order valence-corrected chi connectivity index (χ0v) is 14.8. The van der Waals surface area contributed by atoms with Gasteiger partial charge in [0.05, 0.1) is 5.69 Å². The van der Waals surface area contributed by atoms with E-state index in [1.54, 1.807) is 38.1 Å². The minimum absolute atomic E-state index is 0.255. The van der Waals surface area contributed by atoms with E-state index in [4.69, 9.17) is 11.6 Å². The van der Waals surface area contributed by atoms with E-state index in [0.717, 1.165) is 0 Å². The van der Waals surface area contributed by atoms with Gasteiger partial charge in [0.25, 0.3) is 5.91 Å². The maximum atomic E-state index is 13.2. The fourth-order valence-electron chi connectivity index (χ4n) is 2.50. The van der Waals surface area contributed by atoms with Gasteiger partial charge in [-0.15, -0.1) is 0 Å². The second-order valence-corrected chi connectivity index (χ2v) is 6.24. The molecule has 1 heterocycles. The lowest BCUT2D eigenvalue weighted by molar-refractivity contribution is 0.101. The van der Waals surface area contributed by atoms with Gasteiger partial charge in [-0.3, -0.25) is 9.59 Å². The third-order valence-electron chi connectivity index (χ3n) is 3.83. The Bertz CT molecular complexity index is 1050. The summed E-state index contributed by atoms with van der Waals surface area (Å²) in [4.78, 5) is 24.7. The van der Waals surface area contributed by atoms with Crippen molar-refractivity contribution in [2.45, 2.75) is 13.8 Å². The van der Waals surface area contributed by atoms with Gasteiger partial charge in [-0.1, -0.05) is 11.6 Å². The molecule has 3 aromatic rings. The first-order valence-corrected chi connectivity index (χ1v) is 8.17. The second-order valence-electron chi connectivity index (χ2n) is 5.80. The number of anilines is 1. The van der Waals surface area contributed by atoms with Crippen molar-refractivity contribution in [2.75, 3.05) is 5.32 Å². The van der Waals surface area contributed by atoms with Crippen molar-refractivity contribution < 1.29 is 9.18 Å². The molecular weight excluding hydrogens is 357 g/mol. The minimum atomic E-state index is -0.660. The molecule has 3 rings (SSSR count). The lowest BCUT2D eigenvalue weighted by Gasteiger charge is -2.12. The molecule has 0 saturated heterocycles. The quantitative estimate of drug-likeness (QED) is 0.759. The number of halogens is 2. The van der Waals surface area contributed by atoms with Gasteiger partial charge in [0.2, 0.25) is 5.43 Å². The third-order valence-corrected chi connectivity index (χ3v) is 4.08. The van der Waals surface area contributed by atoms with E-state index in [0.29, 0.717) is 27.7 Å². The Balaban J connectivity index is 1.99. The molecule has 1 N–H and O–H groups in total. The molecule has 0 aliphatic heterocycles. The van der Waals surface area contributed by atoms with Crippen LogP contribution in [0.1, 0.15) is 21.7 Å². The van der Waals surface area contributed by atoms with E-state index in [-0.39, 0.29) is 5.69 Å². The van der Waals surface area contributed by atoms with Crippen LogP contribution in [0.5, 0.6) is 0 Å². The standard InChI is InChI=1S/C19H15ClFN3O2/c1-11-9-14(21)5-8-16(11)22-19(26)18-17(25)10-12(2)24(23-18)15-6-3-13(20)4-7-15/h3-10H,1-2H3,(H,22,26). The number of rotatable bonds is 3. The highest BCUT2D eigenvalue weighted by atomic mass is 35.5. The molecule has 0 aliphatic carbocycles. The number of nitrogens with zero attached hydrogens (tertiary/aromatic N) is 2. The van der Waals surface area contributed by atoms with E-state index in [9.17, 15) is 14.0 Å². The van der Waals surface area contributed by atoms with Gasteiger partial charge in [0.15, 0.2) is 5.69 Å². The van der Waals surface area contributed by atoms with Crippen LogP contribution in [0.25, 0.3) is 5.69 Å². The van der Waals surface area contributed by atoms with Crippen molar-refractivity contribution in [1.82, 2.24) is 9.78 Å². The summed E-state index contributed by atoms with van der Waals surface area (Å²) >= 11 is 5.89. The Morgan fingerprint density at radius 2 is 1.81 bits per heavy atom. The number of aryl methyl sites for hydroxylation is 2. The molecule has 7 heteroatoms. The molecule has 0 unspecified atom stereocenters. The van der Waals surface area contributed by atoms with Gasteiger partial charge < -0.3 is 5.32 Å². The van der Waals surface area contributed by atoms with E-state index in [1.807, 2.05) is 0 Å². The third kappa shape index (κ3) is 3.65. The molecule has 0 bridgehead atoms. The fraction of sp³-hybridized carbons (Fsp3) is 0.105. The average molecular weight is 372 g/mol. The van der Waals surface area contributed by atoms with Crippen LogP contribution in [0.3, 0.4) is 0 Å². The number of hydrogen-bond acceptors (Lipinski definition) is 3. The van der Waals surface area contributed by atoms with Crippen molar-refractivity contribution in [3.05, 3.63) is 86.5 Å². The van der Waals surface area contributed by atoms with Crippen LogP contribution >= 0.6 is 11.6 Å². The second kappa shape index (κ2) is 7.09. The highest BCUT2D eigenvalue weighted by Gasteiger charge is 2.16. The van der Waals surface area contributed by atoms with Gasteiger partial charge >= 0.3 is 0 Å². The summed E-state index contributed by atoms with van der Waals surface area (Å²) in [5, 5.41) is 7.36. The zero-order valence-electron chi connectivity index (χ0n) is 14.1. The minimum Gasteiger partial charge on any atom is -0.320 e. The number of nitrogens with one attached hydrogen (secondary N) is 1. The molecule has 0 aliphatic rings. The van der Waals surface area contributed by atoms with E-state index in [1.165, 1.54) is 28.9 Å². The van der Waals surface area contributed by atoms with Crippen molar-refractivity contribution >= 4 is 23.2 Å². The largest absolute Gasteiger partial charge is 0.320 e. The number of carbonyl (C=O) groups is 1. The molecule has 1 amide bonds. The Morgan fingerprint density at radius 3 is 2.46 bits per heavy atom. The van der Waals surface area contributed by atoms with Crippen LogP contribution in [-0.4, -0.2) is 15.7 Å². The summed E-state index contributed by atoms with van der Waals surface area (Å²) in [6.07, 6.45) is 0. The highest BCUT2D eigenvalue weighted by Crippen LogP contribution is 2.17. The zero-order chi connectivity index (χ0) is 18.8. The number of amides is 1. The van der Waals surface area contributed by atoms with Crippen LogP contribution in [0, 0.1) is 19.7 Å². The van der Waals surface area contributed by atoms with E-state index < -0.39 is 17.2 Å². The maximum absolute atomic E-state index is 13.2. The van der Waals surface area contributed by atoms with Crippen molar-refractivity contribution in [1.29, 1.82) is 0 Å². The van der Waals surface area contributed by atoms with Gasteiger partial charge in [0.1, 0.15) is 5.82 Å². The molecule has 0 spiro atoms. The first-order chi connectivity index (χ1) is 12.3. The normalized spacial score (nSPS) is 10.6. The van der Waals surface area contributed by atoms with Crippen molar-refractivity contribution in [3.63, 3.8) is 0 Å². The Hall–Kier alpha value is -2.99. The van der Waals surface area contributed by atoms with Crippen LogP contribution in [-0.2, 0) is 0 Å². The molecule has 132 valence electrons. The van der Waals surface area contributed by atoms with E-state index in [2.05, 4.69) is 10.4 Å². The highest BCUT2D eigenvalue weighted by molar-refractivity contribution is 6.30. The summed E-state index contributed by atoms with van der Waals surface area (Å²) in [5.41, 5.74) is 1.45. The summed E-state index contributed by atoms with van der Waals surface area (Å²) in [6, 6.07) is 12.2. The number of benzene rings is 2. The fourth-order valence-corrected chi connectivity index (χ4v) is 2.62. The first kappa shape index (κ1) is 17.8. The lowest BCUT2D eigenvalue weighted by Crippen LogP contribution is -2.27. The monoisotopic (exact) mass is 371 g/mol. The van der Waals surface area contributed by atoms with E-state index >= 15 is 0 Å². The Labute approximate surface area is 154 Å². The van der Waals surface area contributed by atoms with Crippen LogP contribution in [0.15, 0.2) is 53.3 Å². The topological polar surface area (TPSA) is 64.0 Å². The molecule has 0 saturated carbocycles. The summed E-state index contributed by atoms with van der Waals surface area (Å²) in [5.74, 6) is -1.06. The van der Waals surface area contributed by atoms with Crippen molar-refractivity contribution in [3.8, 4) is 5.69 Å². The molecule has 0 atom stereocenters. The van der Waals surface area contributed by atoms with Gasteiger partial charge in [-0.25, -0.2) is 9.07 Å². The molecule has 2 aromatic carbocycles. The van der Waals surface area contributed by atoms with Crippen LogP contribution in [0.4, 0.5) is 10.1 Å². The predicted octanol–water partition coefficient (Wildman–Crippen LogP) is 3.89. The van der Waals surface area contributed by atoms with Gasteiger partial charge in [-0.05, 0) is 61.9 Å². The molecule has 0 fully saturated rings. The van der Waals surface area contributed by atoms with Crippen LogP contribution < -0.4 is 10.7 Å². The maximum Gasteiger partial charge on any atom is 0.280 e. The molecule has 5 nitrogen and oxygen atoms in total. The van der Waals surface area contributed by atoms with Gasteiger partial charge in [0, 0.05) is 22.5 Å². The van der Waals surface area contributed by atoms with Crippen molar-refractivity contribution in [2.24, 2.45) is 0 Å². The summed E-state index contributed by atoms with van der Waals surface area (Å²) < 4.78 is 14.7. The number of hydrogen-bond donors (Lipinski definition) is 1.